The predicted octanol–water partition coefficient (Wildman–Crippen LogP) is 2.65. The average molecular weight is 320 g/mol. The van der Waals surface area contributed by atoms with E-state index in [-0.39, 0.29) is 5.91 Å². The van der Waals surface area contributed by atoms with Crippen molar-refractivity contribution < 1.29 is 14.3 Å². The van der Waals surface area contributed by atoms with Gasteiger partial charge in [-0.3, -0.25) is 4.79 Å². The number of benzene rings is 1. The molecule has 0 N–H and O–H groups in total. The highest BCUT2D eigenvalue weighted by molar-refractivity contribution is 5.95. The lowest BCUT2D eigenvalue weighted by Crippen LogP contribution is -2.48. The Labute approximate surface area is 139 Å². The summed E-state index contributed by atoms with van der Waals surface area (Å²) in [6.07, 6.45) is 2.09. The van der Waals surface area contributed by atoms with E-state index < -0.39 is 0 Å². The second-order valence-electron chi connectivity index (χ2n) is 5.79. The molecule has 0 aliphatic carbocycles. The number of piperazine rings is 1. The summed E-state index contributed by atoms with van der Waals surface area (Å²) < 4.78 is 11.1. The highest BCUT2D eigenvalue weighted by Crippen LogP contribution is 2.29. The molecule has 0 unspecified atom stereocenters. The minimum atomic E-state index is 0.0687. The zero-order chi connectivity index (χ0) is 16.7. The summed E-state index contributed by atoms with van der Waals surface area (Å²) in [5.41, 5.74) is 0.662. The monoisotopic (exact) mass is 320 g/mol. The molecule has 128 valence electrons. The van der Waals surface area contributed by atoms with Gasteiger partial charge in [-0.05, 0) is 31.2 Å². The fourth-order valence-electron chi connectivity index (χ4n) is 2.70. The summed E-state index contributed by atoms with van der Waals surface area (Å²) in [5.74, 6) is 1.40. The molecule has 23 heavy (non-hydrogen) atoms. The summed E-state index contributed by atoms with van der Waals surface area (Å²) in [4.78, 5) is 16.9. The number of hydrogen-bond donors (Lipinski definition) is 0. The third kappa shape index (κ3) is 4.61. The zero-order valence-corrected chi connectivity index (χ0v) is 14.5. The average Bonchev–Trinajstić information content (AvgIpc) is 2.61. The maximum atomic E-state index is 12.6. The summed E-state index contributed by atoms with van der Waals surface area (Å²) in [7, 11) is 1.61. The van der Waals surface area contributed by atoms with Crippen LogP contribution in [-0.2, 0) is 0 Å². The van der Waals surface area contributed by atoms with Crippen molar-refractivity contribution in [3.63, 3.8) is 0 Å². The highest BCUT2D eigenvalue weighted by Gasteiger charge is 2.22. The van der Waals surface area contributed by atoms with Gasteiger partial charge < -0.3 is 19.3 Å². The van der Waals surface area contributed by atoms with Crippen LogP contribution in [0.1, 0.15) is 37.0 Å². The first-order valence-electron chi connectivity index (χ1n) is 8.52. The number of hydrogen-bond acceptors (Lipinski definition) is 4. The molecule has 1 aromatic carbocycles. The summed E-state index contributed by atoms with van der Waals surface area (Å²) >= 11 is 0. The second kappa shape index (κ2) is 8.77. The molecule has 5 nitrogen and oxygen atoms in total. The number of ether oxygens (including phenoxy) is 2. The van der Waals surface area contributed by atoms with Gasteiger partial charge in [-0.15, -0.1) is 0 Å². The molecule has 1 aliphatic heterocycles. The van der Waals surface area contributed by atoms with E-state index in [1.165, 1.54) is 0 Å². The van der Waals surface area contributed by atoms with Crippen LogP contribution < -0.4 is 9.47 Å². The summed E-state index contributed by atoms with van der Waals surface area (Å²) in [5, 5.41) is 0. The van der Waals surface area contributed by atoms with Crippen molar-refractivity contribution in [3.05, 3.63) is 23.8 Å². The molecule has 0 spiro atoms. The smallest absolute Gasteiger partial charge is 0.254 e. The van der Waals surface area contributed by atoms with Crippen molar-refractivity contribution in [1.82, 2.24) is 9.80 Å². The predicted molar refractivity (Wildman–Crippen MR) is 91.4 cm³/mol. The van der Waals surface area contributed by atoms with Crippen LogP contribution >= 0.6 is 0 Å². The lowest BCUT2D eigenvalue weighted by atomic mass is 10.1. The van der Waals surface area contributed by atoms with Crippen molar-refractivity contribution in [2.45, 2.75) is 26.7 Å². The van der Waals surface area contributed by atoms with Gasteiger partial charge >= 0.3 is 0 Å². The normalized spacial score (nSPS) is 15.5. The number of rotatable bonds is 7. The topological polar surface area (TPSA) is 42.0 Å². The Bertz CT molecular complexity index is 511. The Morgan fingerprint density at radius 3 is 2.48 bits per heavy atom. The number of nitrogens with zero attached hydrogens (tertiary/aromatic N) is 2. The molecule has 0 bridgehead atoms. The van der Waals surface area contributed by atoms with Crippen molar-refractivity contribution in [3.8, 4) is 11.5 Å². The van der Waals surface area contributed by atoms with Crippen molar-refractivity contribution in [1.29, 1.82) is 0 Å². The maximum absolute atomic E-state index is 12.6. The van der Waals surface area contributed by atoms with E-state index in [9.17, 15) is 4.79 Å². The molecule has 1 amide bonds. The van der Waals surface area contributed by atoms with Gasteiger partial charge in [0.15, 0.2) is 11.5 Å². The molecule has 5 heteroatoms. The molecular formula is C18H28N2O3. The van der Waals surface area contributed by atoms with E-state index in [1.54, 1.807) is 13.2 Å². The Morgan fingerprint density at radius 2 is 1.87 bits per heavy atom. The van der Waals surface area contributed by atoms with Crippen molar-refractivity contribution in [2.24, 2.45) is 0 Å². The van der Waals surface area contributed by atoms with E-state index in [0.717, 1.165) is 45.6 Å². The Hall–Kier alpha value is -1.75. The van der Waals surface area contributed by atoms with Crippen LogP contribution in [0.15, 0.2) is 18.2 Å². The van der Waals surface area contributed by atoms with Gasteiger partial charge in [-0.25, -0.2) is 0 Å². The largest absolute Gasteiger partial charge is 0.493 e. The highest BCUT2D eigenvalue weighted by atomic mass is 16.5. The van der Waals surface area contributed by atoms with Crippen molar-refractivity contribution in [2.75, 3.05) is 46.4 Å². The van der Waals surface area contributed by atoms with Gasteiger partial charge in [0.2, 0.25) is 0 Å². The van der Waals surface area contributed by atoms with E-state index in [4.69, 9.17) is 9.47 Å². The van der Waals surface area contributed by atoms with Gasteiger partial charge in [0.25, 0.3) is 5.91 Å². The molecule has 1 fully saturated rings. The molecule has 1 heterocycles. The van der Waals surface area contributed by atoms with Gasteiger partial charge in [0, 0.05) is 31.7 Å². The zero-order valence-electron chi connectivity index (χ0n) is 14.5. The van der Waals surface area contributed by atoms with Crippen LogP contribution in [0.4, 0.5) is 0 Å². The van der Waals surface area contributed by atoms with Gasteiger partial charge in [-0.2, -0.15) is 0 Å². The van der Waals surface area contributed by atoms with Gasteiger partial charge in [-0.1, -0.05) is 20.3 Å². The fourth-order valence-corrected chi connectivity index (χ4v) is 2.70. The van der Waals surface area contributed by atoms with Crippen LogP contribution in [0, 0.1) is 0 Å². The SMILES string of the molecule is CCCCOc1ccc(C(=O)N2CCN(CC)CC2)cc1OC. The molecule has 0 radical (unpaired) electrons. The number of unbranched alkanes of at least 4 members (excludes halogenated alkanes) is 1. The van der Waals surface area contributed by atoms with Crippen LogP contribution in [-0.4, -0.2) is 62.1 Å². The quantitative estimate of drug-likeness (QED) is 0.724. The lowest BCUT2D eigenvalue weighted by molar-refractivity contribution is 0.0643. The number of carbonyl (C=O) groups is 1. The first kappa shape index (κ1) is 17.6. The number of likely N-dealkylation sites (N-methyl/N-ethyl adjacent to an activating group) is 1. The van der Waals surface area contributed by atoms with Crippen LogP contribution in [0.2, 0.25) is 0 Å². The molecule has 1 aromatic rings. The molecule has 2 rings (SSSR count). The van der Waals surface area contributed by atoms with Gasteiger partial charge in [0.1, 0.15) is 0 Å². The Balaban J connectivity index is 2.03. The molecular weight excluding hydrogens is 292 g/mol. The Morgan fingerprint density at radius 1 is 1.13 bits per heavy atom. The molecule has 1 aliphatic rings. The number of methoxy groups -OCH3 is 1. The Kier molecular flexibility index (Phi) is 6.71. The minimum absolute atomic E-state index is 0.0687. The minimum Gasteiger partial charge on any atom is -0.493 e. The lowest BCUT2D eigenvalue weighted by Gasteiger charge is -2.34. The number of amides is 1. The van der Waals surface area contributed by atoms with Crippen LogP contribution in [0.5, 0.6) is 11.5 Å². The van der Waals surface area contributed by atoms with Crippen LogP contribution in [0.25, 0.3) is 0 Å². The van der Waals surface area contributed by atoms with E-state index in [1.807, 2.05) is 17.0 Å². The first-order valence-corrected chi connectivity index (χ1v) is 8.52. The summed E-state index contributed by atoms with van der Waals surface area (Å²) in [6.45, 7) is 9.43. The van der Waals surface area contributed by atoms with E-state index >= 15 is 0 Å². The van der Waals surface area contributed by atoms with Crippen molar-refractivity contribution >= 4 is 5.91 Å². The second-order valence-corrected chi connectivity index (χ2v) is 5.79. The summed E-state index contributed by atoms with van der Waals surface area (Å²) in [6, 6.07) is 5.46. The van der Waals surface area contributed by atoms with E-state index in [0.29, 0.717) is 23.7 Å². The van der Waals surface area contributed by atoms with Gasteiger partial charge in [0.05, 0.1) is 13.7 Å². The molecule has 1 saturated heterocycles. The molecule has 0 atom stereocenters. The molecule has 0 aromatic heterocycles. The number of carbonyl (C=O) groups excluding carboxylic acids is 1. The third-order valence-corrected chi connectivity index (χ3v) is 4.27. The first-order chi connectivity index (χ1) is 11.2. The fraction of sp³-hybridized carbons (Fsp3) is 0.611. The van der Waals surface area contributed by atoms with Crippen LogP contribution in [0.3, 0.4) is 0 Å². The third-order valence-electron chi connectivity index (χ3n) is 4.27. The van der Waals surface area contributed by atoms with E-state index in [2.05, 4.69) is 18.7 Å². The molecule has 0 saturated carbocycles. The standard InChI is InChI=1S/C18H28N2O3/c1-4-6-13-23-16-8-7-15(14-17(16)22-3)18(21)20-11-9-19(5-2)10-12-20/h7-8,14H,4-6,9-13H2,1-3H3. The maximum Gasteiger partial charge on any atom is 0.254 e.